The smallest absolute Gasteiger partial charge is 0.119 e. The Kier molecular flexibility index (Phi) is 14.8. The van der Waals surface area contributed by atoms with Gasteiger partial charge >= 0.3 is 0 Å². The predicted octanol–water partition coefficient (Wildman–Crippen LogP) is 10.8. The molecule has 0 saturated heterocycles. The molecular weight excluding hydrogens is 440 g/mol. The molecule has 0 bridgehead atoms. The molecule has 0 amide bonds. The van der Waals surface area contributed by atoms with Gasteiger partial charge in [0.25, 0.3) is 0 Å². The zero-order valence-electron chi connectivity index (χ0n) is 24.0. The average molecular weight is 499 g/mol. The SMILES string of the molecule is CCCCCCC1CCC(COc2ccc(OCCCC3CCCCC3CCCCCC)cc2)CC1. The molecule has 2 saturated carbocycles. The molecular formula is C34H58O2. The van der Waals surface area contributed by atoms with E-state index in [9.17, 15) is 0 Å². The fourth-order valence-corrected chi connectivity index (χ4v) is 6.81. The maximum atomic E-state index is 6.16. The summed E-state index contributed by atoms with van der Waals surface area (Å²) in [7, 11) is 0. The van der Waals surface area contributed by atoms with Gasteiger partial charge in [-0.05, 0) is 73.6 Å². The van der Waals surface area contributed by atoms with E-state index < -0.39 is 0 Å². The lowest BCUT2D eigenvalue weighted by atomic mass is 9.74. The molecule has 36 heavy (non-hydrogen) atoms. The Bertz CT molecular complexity index is 646. The summed E-state index contributed by atoms with van der Waals surface area (Å²) in [6.07, 6.45) is 28.1. The molecule has 2 aliphatic rings. The summed E-state index contributed by atoms with van der Waals surface area (Å²) in [5.41, 5.74) is 0. The highest BCUT2D eigenvalue weighted by Gasteiger charge is 2.24. The second-order valence-corrected chi connectivity index (χ2v) is 12.2. The summed E-state index contributed by atoms with van der Waals surface area (Å²) in [4.78, 5) is 0. The molecule has 0 heterocycles. The van der Waals surface area contributed by atoms with Gasteiger partial charge in [0.05, 0.1) is 13.2 Å². The van der Waals surface area contributed by atoms with Crippen molar-refractivity contribution >= 4 is 0 Å². The molecule has 2 heteroatoms. The Labute approximate surface area is 224 Å². The monoisotopic (exact) mass is 498 g/mol. The van der Waals surface area contributed by atoms with Gasteiger partial charge in [-0.3, -0.25) is 0 Å². The first-order valence-corrected chi connectivity index (χ1v) is 16.1. The van der Waals surface area contributed by atoms with Crippen molar-refractivity contribution in [2.45, 2.75) is 142 Å². The molecule has 0 N–H and O–H groups in total. The standard InChI is InChI=1S/C34H58O2/c1-3-5-7-9-14-29-19-21-30(22-20-29)28-36-34-25-23-33(24-26-34)35-27-13-18-32-17-12-11-16-31(32)15-10-8-6-4-2/h23-26,29-32H,3-22,27-28H2,1-2H3. The van der Waals surface area contributed by atoms with Gasteiger partial charge < -0.3 is 9.47 Å². The first-order valence-electron chi connectivity index (χ1n) is 16.1. The van der Waals surface area contributed by atoms with Crippen molar-refractivity contribution in [1.29, 1.82) is 0 Å². The third-order valence-corrected chi connectivity index (χ3v) is 9.22. The highest BCUT2D eigenvalue weighted by atomic mass is 16.5. The van der Waals surface area contributed by atoms with Crippen LogP contribution >= 0.6 is 0 Å². The number of unbranched alkanes of at least 4 members (excludes halogenated alkanes) is 6. The third-order valence-electron chi connectivity index (χ3n) is 9.22. The molecule has 2 nitrogen and oxygen atoms in total. The Balaban J connectivity index is 1.25. The van der Waals surface area contributed by atoms with E-state index in [1.165, 1.54) is 128 Å². The molecule has 0 spiro atoms. The lowest BCUT2D eigenvalue weighted by Crippen LogP contribution is -2.20. The summed E-state index contributed by atoms with van der Waals surface area (Å²) in [6.45, 7) is 6.34. The van der Waals surface area contributed by atoms with Crippen molar-refractivity contribution in [1.82, 2.24) is 0 Å². The molecule has 3 rings (SSSR count). The molecule has 2 atom stereocenters. The van der Waals surface area contributed by atoms with E-state index in [2.05, 4.69) is 38.1 Å². The third kappa shape index (κ3) is 11.5. The van der Waals surface area contributed by atoms with E-state index in [-0.39, 0.29) is 0 Å². The molecule has 206 valence electrons. The van der Waals surface area contributed by atoms with Crippen LogP contribution in [0.5, 0.6) is 11.5 Å². The van der Waals surface area contributed by atoms with Gasteiger partial charge in [0, 0.05) is 0 Å². The number of hydrogen-bond donors (Lipinski definition) is 0. The minimum Gasteiger partial charge on any atom is -0.494 e. The minimum absolute atomic E-state index is 0.739. The number of hydrogen-bond acceptors (Lipinski definition) is 2. The molecule has 1 aromatic carbocycles. The van der Waals surface area contributed by atoms with Crippen LogP contribution in [0.4, 0.5) is 0 Å². The summed E-state index contributed by atoms with van der Waals surface area (Å²) in [5.74, 6) is 5.62. The van der Waals surface area contributed by atoms with Crippen molar-refractivity contribution in [3.63, 3.8) is 0 Å². The number of rotatable bonds is 18. The van der Waals surface area contributed by atoms with Crippen LogP contribution < -0.4 is 9.47 Å². The fourth-order valence-electron chi connectivity index (χ4n) is 6.81. The second kappa shape index (κ2) is 18.1. The highest BCUT2D eigenvalue weighted by molar-refractivity contribution is 5.31. The summed E-state index contributed by atoms with van der Waals surface area (Å²) < 4.78 is 12.3. The molecule has 0 radical (unpaired) electrons. The lowest BCUT2D eigenvalue weighted by molar-refractivity contribution is 0.177. The second-order valence-electron chi connectivity index (χ2n) is 12.2. The first-order chi connectivity index (χ1) is 17.8. The Morgan fingerprint density at radius 2 is 1.08 bits per heavy atom. The first kappa shape index (κ1) is 29.4. The van der Waals surface area contributed by atoms with Gasteiger partial charge in [-0.15, -0.1) is 0 Å². The van der Waals surface area contributed by atoms with E-state index in [1.54, 1.807) is 0 Å². The van der Waals surface area contributed by atoms with Crippen LogP contribution in [0.1, 0.15) is 142 Å². The van der Waals surface area contributed by atoms with Gasteiger partial charge in [0.1, 0.15) is 11.5 Å². The minimum atomic E-state index is 0.739. The largest absolute Gasteiger partial charge is 0.494 e. The maximum Gasteiger partial charge on any atom is 0.119 e. The zero-order chi connectivity index (χ0) is 25.3. The van der Waals surface area contributed by atoms with Crippen LogP contribution in [0.3, 0.4) is 0 Å². The van der Waals surface area contributed by atoms with E-state index in [0.717, 1.165) is 48.4 Å². The lowest BCUT2D eigenvalue weighted by Gasteiger charge is -2.31. The van der Waals surface area contributed by atoms with Gasteiger partial charge in [-0.25, -0.2) is 0 Å². The van der Waals surface area contributed by atoms with Crippen LogP contribution in [0.2, 0.25) is 0 Å². The van der Waals surface area contributed by atoms with Crippen LogP contribution in [0.25, 0.3) is 0 Å². The van der Waals surface area contributed by atoms with Crippen LogP contribution in [-0.2, 0) is 0 Å². The normalized spacial score (nSPS) is 24.5. The Morgan fingerprint density at radius 1 is 0.556 bits per heavy atom. The van der Waals surface area contributed by atoms with E-state index in [1.807, 2.05) is 0 Å². The molecule has 1 aromatic rings. The van der Waals surface area contributed by atoms with E-state index >= 15 is 0 Å². The topological polar surface area (TPSA) is 18.5 Å². The molecule has 0 aliphatic heterocycles. The van der Waals surface area contributed by atoms with E-state index in [0.29, 0.717) is 0 Å². The van der Waals surface area contributed by atoms with Gasteiger partial charge in [0.2, 0.25) is 0 Å². The Morgan fingerprint density at radius 3 is 1.69 bits per heavy atom. The average Bonchev–Trinajstić information content (AvgIpc) is 2.92. The Hall–Kier alpha value is -1.18. The molecule has 2 unspecified atom stereocenters. The van der Waals surface area contributed by atoms with Gasteiger partial charge in [-0.2, -0.15) is 0 Å². The summed E-state index contributed by atoms with van der Waals surface area (Å²) in [5, 5.41) is 0. The molecule has 0 aromatic heterocycles. The number of benzene rings is 1. The fraction of sp³-hybridized carbons (Fsp3) is 0.824. The highest BCUT2D eigenvalue weighted by Crippen LogP contribution is 2.37. The van der Waals surface area contributed by atoms with E-state index in [4.69, 9.17) is 9.47 Å². The van der Waals surface area contributed by atoms with Crippen LogP contribution in [0, 0.1) is 23.7 Å². The number of ether oxygens (including phenoxy) is 2. The van der Waals surface area contributed by atoms with Crippen molar-refractivity contribution in [2.24, 2.45) is 23.7 Å². The van der Waals surface area contributed by atoms with Gasteiger partial charge in [-0.1, -0.05) is 117 Å². The van der Waals surface area contributed by atoms with Crippen LogP contribution in [-0.4, -0.2) is 13.2 Å². The predicted molar refractivity (Wildman–Crippen MR) is 155 cm³/mol. The van der Waals surface area contributed by atoms with Crippen molar-refractivity contribution in [3.8, 4) is 11.5 Å². The van der Waals surface area contributed by atoms with Gasteiger partial charge in [0.15, 0.2) is 0 Å². The summed E-state index contributed by atoms with van der Waals surface area (Å²) in [6, 6.07) is 8.39. The zero-order valence-corrected chi connectivity index (χ0v) is 24.0. The summed E-state index contributed by atoms with van der Waals surface area (Å²) >= 11 is 0. The van der Waals surface area contributed by atoms with Crippen molar-refractivity contribution < 1.29 is 9.47 Å². The molecule has 2 aliphatic carbocycles. The molecule has 2 fully saturated rings. The van der Waals surface area contributed by atoms with Crippen molar-refractivity contribution in [3.05, 3.63) is 24.3 Å². The quantitative estimate of drug-likeness (QED) is 0.187. The van der Waals surface area contributed by atoms with Crippen LogP contribution in [0.15, 0.2) is 24.3 Å². The van der Waals surface area contributed by atoms with Crippen molar-refractivity contribution in [2.75, 3.05) is 13.2 Å². The maximum absolute atomic E-state index is 6.16.